The monoisotopic (exact) mass is 315 g/mol. The van der Waals surface area contributed by atoms with E-state index in [0.717, 1.165) is 25.3 Å². The maximum atomic E-state index is 13.4. The molecule has 7 heteroatoms. The number of halogens is 1. The van der Waals surface area contributed by atoms with E-state index in [2.05, 4.69) is 9.62 Å². The van der Waals surface area contributed by atoms with E-state index in [4.69, 9.17) is 5.73 Å². The Labute approximate surface area is 125 Å². The van der Waals surface area contributed by atoms with Crippen LogP contribution in [0, 0.1) is 5.82 Å². The lowest BCUT2D eigenvalue weighted by Gasteiger charge is -2.47. The minimum absolute atomic E-state index is 0.0509. The van der Waals surface area contributed by atoms with Crippen LogP contribution in [0.15, 0.2) is 23.1 Å². The van der Waals surface area contributed by atoms with Crippen molar-refractivity contribution in [3.63, 3.8) is 0 Å². The summed E-state index contributed by atoms with van der Waals surface area (Å²) in [4.78, 5) is 1.98. The summed E-state index contributed by atoms with van der Waals surface area (Å²) >= 11 is 0. The molecule has 3 N–H and O–H groups in total. The third-order valence-electron chi connectivity index (χ3n) is 4.36. The molecule has 0 bridgehead atoms. The largest absolute Gasteiger partial charge is 0.326 e. The third-order valence-corrected chi connectivity index (χ3v) is 5.85. The van der Waals surface area contributed by atoms with Crippen molar-refractivity contribution >= 4 is 10.0 Å². The summed E-state index contributed by atoms with van der Waals surface area (Å²) in [6, 6.07) is 3.65. The lowest BCUT2D eigenvalue weighted by Crippen LogP contribution is -2.57. The molecule has 0 heterocycles. The van der Waals surface area contributed by atoms with Crippen LogP contribution in [0.5, 0.6) is 0 Å². The second-order valence-electron chi connectivity index (χ2n) is 5.75. The molecule has 1 aromatic rings. The summed E-state index contributed by atoms with van der Waals surface area (Å²) in [5, 5.41) is 0. The average molecular weight is 315 g/mol. The fraction of sp³-hybridized carbons (Fsp3) is 0.571. The number of likely N-dealkylation sites (N-methyl/N-ethyl adjacent to an activating group) is 1. The molecule has 1 aliphatic rings. The van der Waals surface area contributed by atoms with Gasteiger partial charge in [0, 0.05) is 18.6 Å². The van der Waals surface area contributed by atoms with Crippen molar-refractivity contribution in [1.29, 1.82) is 0 Å². The zero-order valence-electron chi connectivity index (χ0n) is 12.4. The van der Waals surface area contributed by atoms with Crippen LogP contribution in [0.3, 0.4) is 0 Å². The summed E-state index contributed by atoms with van der Waals surface area (Å²) in [5.74, 6) is -0.585. The predicted molar refractivity (Wildman–Crippen MR) is 79.7 cm³/mol. The quantitative estimate of drug-likeness (QED) is 0.823. The van der Waals surface area contributed by atoms with Crippen LogP contribution in [0.4, 0.5) is 4.39 Å². The van der Waals surface area contributed by atoms with Crippen molar-refractivity contribution in [2.45, 2.75) is 36.2 Å². The van der Waals surface area contributed by atoms with E-state index in [-0.39, 0.29) is 17.0 Å². The van der Waals surface area contributed by atoms with Gasteiger partial charge in [-0.15, -0.1) is 0 Å². The van der Waals surface area contributed by atoms with Crippen LogP contribution in [0.25, 0.3) is 0 Å². The van der Waals surface area contributed by atoms with Gasteiger partial charge in [-0.05, 0) is 51.1 Å². The van der Waals surface area contributed by atoms with Crippen LogP contribution in [0.2, 0.25) is 0 Å². The zero-order chi connectivity index (χ0) is 15.7. The summed E-state index contributed by atoms with van der Waals surface area (Å²) < 4.78 is 40.8. The van der Waals surface area contributed by atoms with Gasteiger partial charge < -0.3 is 10.6 Å². The maximum absolute atomic E-state index is 13.4. The molecule has 1 fully saturated rings. The number of nitrogens with two attached hydrogens (primary N) is 1. The second-order valence-corrected chi connectivity index (χ2v) is 7.49. The van der Waals surface area contributed by atoms with Gasteiger partial charge in [0.2, 0.25) is 10.0 Å². The summed E-state index contributed by atoms with van der Waals surface area (Å²) in [6.07, 6.45) is 3.00. The molecule has 5 nitrogen and oxygen atoms in total. The van der Waals surface area contributed by atoms with Crippen LogP contribution < -0.4 is 10.5 Å². The number of rotatable bonds is 6. The summed E-state index contributed by atoms with van der Waals surface area (Å²) in [5.41, 5.74) is 5.82. The Morgan fingerprint density at radius 2 is 2.05 bits per heavy atom. The molecular formula is C14H22FN3O2S. The van der Waals surface area contributed by atoms with Gasteiger partial charge in [0.1, 0.15) is 5.82 Å². The normalized spacial score (nSPS) is 17.8. The fourth-order valence-electron chi connectivity index (χ4n) is 2.62. The standard InChI is InChI=1S/C14H22FN3O2S/c1-18(2)14(6-3-7-14)10-17-21(19,20)13-8-12(15)5-4-11(13)9-16/h4-5,8,17H,3,6-7,9-10,16H2,1-2H3. The summed E-state index contributed by atoms with van der Waals surface area (Å²) in [7, 11) is 0.126. The van der Waals surface area contributed by atoms with Gasteiger partial charge in [-0.2, -0.15) is 0 Å². The van der Waals surface area contributed by atoms with Crippen LogP contribution in [-0.2, 0) is 16.6 Å². The Morgan fingerprint density at radius 3 is 2.52 bits per heavy atom. The van der Waals surface area contributed by atoms with Crippen molar-refractivity contribution in [2.75, 3.05) is 20.6 Å². The lowest BCUT2D eigenvalue weighted by atomic mass is 9.76. The van der Waals surface area contributed by atoms with Crippen molar-refractivity contribution in [1.82, 2.24) is 9.62 Å². The van der Waals surface area contributed by atoms with E-state index in [0.29, 0.717) is 12.1 Å². The number of benzene rings is 1. The van der Waals surface area contributed by atoms with E-state index < -0.39 is 15.8 Å². The third kappa shape index (κ3) is 3.26. The Kier molecular flexibility index (Phi) is 4.67. The number of hydrogen-bond acceptors (Lipinski definition) is 4. The van der Waals surface area contributed by atoms with Crippen LogP contribution in [0.1, 0.15) is 24.8 Å². The Hall–Kier alpha value is -1.02. The SMILES string of the molecule is CN(C)C1(CNS(=O)(=O)c2cc(F)ccc2CN)CCC1. The lowest BCUT2D eigenvalue weighted by molar-refractivity contribution is 0.0656. The van der Waals surface area contributed by atoms with E-state index in [9.17, 15) is 12.8 Å². The van der Waals surface area contributed by atoms with Gasteiger partial charge in [0.25, 0.3) is 0 Å². The molecule has 0 atom stereocenters. The topological polar surface area (TPSA) is 75.4 Å². The first kappa shape index (κ1) is 16.4. The Morgan fingerprint density at radius 1 is 1.38 bits per heavy atom. The summed E-state index contributed by atoms with van der Waals surface area (Å²) in [6.45, 7) is 0.373. The van der Waals surface area contributed by atoms with E-state index in [1.165, 1.54) is 12.1 Å². The minimum atomic E-state index is -3.77. The van der Waals surface area contributed by atoms with Crippen molar-refractivity contribution in [2.24, 2.45) is 5.73 Å². The highest BCUT2D eigenvalue weighted by Gasteiger charge is 2.40. The molecule has 0 amide bonds. The molecule has 0 aromatic heterocycles. The van der Waals surface area contributed by atoms with Crippen LogP contribution in [-0.4, -0.2) is 39.5 Å². The van der Waals surface area contributed by atoms with Crippen LogP contribution >= 0.6 is 0 Å². The maximum Gasteiger partial charge on any atom is 0.241 e. The zero-order valence-corrected chi connectivity index (χ0v) is 13.2. The van der Waals surface area contributed by atoms with Gasteiger partial charge >= 0.3 is 0 Å². The highest BCUT2D eigenvalue weighted by molar-refractivity contribution is 7.89. The Bertz CT molecular complexity index is 613. The molecule has 1 aromatic carbocycles. The smallest absolute Gasteiger partial charge is 0.241 e. The van der Waals surface area contributed by atoms with Crippen molar-refractivity contribution < 1.29 is 12.8 Å². The average Bonchev–Trinajstić information content (AvgIpc) is 2.36. The molecule has 1 saturated carbocycles. The van der Waals surface area contributed by atoms with Gasteiger partial charge in [0.05, 0.1) is 4.90 Å². The number of nitrogens with zero attached hydrogens (tertiary/aromatic N) is 1. The molecule has 0 unspecified atom stereocenters. The second kappa shape index (κ2) is 6.00. The van der Waals surface area contributed by atoms with E-state index >= 15 is 0 Å². The molecular weight excluding hydrogens is 293 g/mol. The number of nitrogens with one attached hydrogen (secondary N) is 1. The van der Waals surface area contributed by atoms with Crippen molar-refractivity contribution in [3.8, 4) is 0 Å². The van der Waals surface area contributed by atoms with Gasteiger partial charge in [-0.3, -0.25) is 0 Å². The van der Waals surface area contributed by atoms with E-state index in [1.807, 2.05) is 14.1 Å². The highest BCUT2D eigenvalue weighted by atomic mass is 32.2. The minimum Gasteiger partial charge on any atom is -0.326 e. The molecule has 1 aliphatic carbocycles. The molecule has 118 valence electrons. The van der Waals surface area contributed by atoms with Gasteiger partial charge in [0.15, 0.2) is 0 Å². The van der Waals surface area contributed by atoms with E-state index in [1.54, 1.807) is 0 Å². The molecule has 0 saturated heterocycles. The Balaban J connectivity index is 2.21. The molecule has 0 spiro atoms. The molecule has 21 heavy (non-hydrogen) atoms. The van der Waals surface area contributed by atoms with Gasteiger partial charge in [-0.1, -0.05) is 6.07 Å². The highest BCUT2D eigenvalue weighted by Crippen LogP contribution is 2.35. The first-order valence-electron chi connectivity index (χ1n) is 6.96. The first-order valence-corrected chi connectivity index (χ1v) is 8.45. The van der Waals surface area contributed by atoms with Crippen molar-refractivity contribution in [3.05, 3.63) is 29.6 Å². The number of hydrogen-bond donors (Lipinski definition) is 2. The predicted octanol–water partition coefficient (Wildman–Crippen LogP) is 1.05. The first-order chi connectivity index (χ1) is 9.81. The molecule has 0 aliphatic heterocycles. The fourth-order valence-corrected chi connectivity index (χ4v) is 4.00. The van der Waals surface area contributed by atoms with Gasteiger partial charge in [-0.25, -0.2) is 17.5 Å². The molecule has 0 radical (unpaired) electrons. The molecule has 2 rings (SSSR count). The number of sulfonamides is 1.